The summed E-state index contributed by atoms with van der Waals surface area (Å²) >= 11 is 0. The highest BCUT2D eigenvalue weighted by Gasteiger charge is 2.15. The molecule has 0 amide bonds. The molecule has 4 nitrogen and oxygen atoms in total. The van der Waals surface area contributed by atoms with Crippen molar-refractivity contribution in [2.24, 2.45) is 0 Å². The van der Waals surface area contributed by atoms with Crippen molar-refractivity contribution in [2.75, 3.05) is 12.0 Å². The molecule has 0 aliphatic carbocycles. The van der Waals surface area contributed by atoms with Crippen molar-refractivity contribution >= 4 is 15.5 Å². The second-order valence-corrected chi connectivity index (χ2v) is 6.10. The number of benzene rings is 2. The number of ether oxygens (including phenoxy) is 1. The van der Waals surface area contributed by atoms with Gasteiger partial charge in [-0.1, -0.05) is 6.07 Å². The summed E-state index contributed by atoms with van der Waals surface area (Å²) in [5, 5.41) is 0. The molecule has 0 aromatic heterocycles. The predicted octanol–water partition coefficient (Wildman–Crippen LogP) is 2.74. The van der Waals surface area contributed by atoms with Crippen LogP contribution in [0.3, 0.4) is 0 Å². The van der Waals surface area contributed by atoms with Gasteiger partial charge in [0.05, 0.1) is 10.6 Å². The SMILES string of the molecule is CS(=O)(=O)c1cccc(Oc2ccc(F)c(F)c2)c1N. The van der Waals surface area contributed by atoms with Gasteiger partial charge >= 0.3 is 0 Å². The molecule has 0 bridgehead atoms. The van der Waals surface area contributed by atoms with Gasteiger partial charge < -0.3 is 10.5 Å². The number of para-hydroxylation sites is 1. The first kappa shape index (κ1) is 14.3. The fraction of sp³-hybridized carbons (Fsp3) is 0.0769. The molecule has 0 saturated heterocycles. The van der Waals surface area contributed by atoms with Crippen LogP contribution >= 0.6 is 0 Å². The van der Waals surface area contributed by atoms with Gasteiger partial charge in [0.1, 0.15) is 5.75 Å². The van der Waals surface area contributed by atoms with Gasteiger partial charge in [-0.25, -0.2) is 17.2 Å². The summed E-state index contributed by atoms with van der Waals surface area (Å²) in [5.41, 5.74) is 5.63. The van der Waals surface area contributed by atoms with Crippen LogP contribution in [0.4, 0.5) is 14.5 Å². The van der Waals surface area contributed by atoms with E-state index < -0.39 is 21.5 Å². The summed E-state index contributed by atoms with van der Waals surface area (Å²) in [7, 11) is -3.50. The van der Waals surface area contributed by atoms with E-state index in [1.54, 1.807) is 0 Å². The Balaban J connectivity index is 2.42. The van der Waals surface area contributed by atoms with Crippen molar-refractivity contribution in [3.63, 3.8) is 0 Å². The summed E-state index contributed by atoms with van der Waals surface area (Å²) in [6.45, 7) is 0. The van der Waals surface area contributed by atoms with Crippen molar-refractivity contribution in [2.45, 2.75) is 4.90 Å². The minimum atomic E-state index is -3.50. The Morgan fingerprint density at radius 2 is 1.80 bits per heavy atom. The smallest absolute Gasteiger partial charge is 0.177 e. The van der Waals surface area contributed by atoms with E-state index in [9.17, 15) is 17.2 Å². The molecule has 0 radical (unpaired) electrons. The zero-order valence-corrected chi connectivity index (χ0v) is 11.2. The van der Waals surface area contributed by atoms with Crippen LogP contribution in [0, 0.1) is 11.6 Å². The molecular weight excluding hydrogens is 288 g/mol. The van der Waals surface area contributed by atoms with E-state index in [1.165, 1.54) is 24.3 Å². The van der Waals surface area contributed by atoms with Crippen LogP contribution in [0.1, 0.15) is 0 Å². The second-order valence-electron chi connectivity index (χ2n) is 4.12. The van der Waals surface area contributed by atoms with Crippen molar-refractivity contribution in [3.8, 4) is 11.5 Å². The van der Waals surface area contributed by atoms with E-state index in [2.05, 4.69) is 0 Å². The first-order valence-electron chi connectivity index (χ1n) is 5.50. The maximum atomic E-state index is 13.1. The quantitative estimate of drug-likeness (QED) is 0.885. The predicted molar refractivity (Wildman–Crippen MR) is 70.4 cm³/mol. The number of halogens is 2. The number of hydrogen-bond donors (Lipinski definition) is 1. The van der Waals surface area contributed by atoms with Gasteiger partial charge in [-0.3, -0.25) is 0 Å². The fourth-order valence-electron chi connectivity index (χ4n) is 1.60. The van der Waals surface area contributed by atoms with Crippen molar-refractivity contribution in [1.29, 1.82) is 0 Å². The Bertz CT molecular complexity index is 760. The lowest BCUT2D eigenvalue weighted by molar-refractivity contribution is 0.462. The van der Waals surface area contributed by atoms with E-state index in [0.29, 0.717) is 0 Å². The molecule has 2 rings (SSSR count). The lowest BCUT2D eigenvalue weighted by atomic mass is 10.3. The van der Waals surface area contributed by atoms with Crippen molar-refractivity contribution in [1.82, 2.24) is 0 Å². The lowest BCUT2D eigenvalue weighted by Gasteiger charge is -2.11. The van der Waals surface area contributed by atoms with E-state index in [1.807, 2.05) is 0 Å². The normalized spacial score (nSPS) is 11.3. The highest BCUT2D eigenvalue weighted by Crippen LogP contribution is 2.32. The summed E-state index contributed by atoms with van der Waals surface area (Å²) in [5.74, 6) is -2.00. The molecule has 0 aliphatic rings. The summed E-state index contributed by atoms with van der Waals surface area (Å²) < 4.78 is 54.2. The van der Waals surface area contributed by atoms with Crippen LogP contribution in [-0.4, -0.2) is 14.7 Å². The molecule has 7 heteroatoms. The Kier molecular flexibility index (Phi) is 3.63. The zero-order valence-electron chi connectivity index (χ0n) is 10.4. The van der Waals surface area contributed by atoms with Crippen LogP contribution in [0.15, 0.2) is 41.3 Å². The third-order valence-corrected chi connectivity index (χ3v) is 3.70. The minimum absolute atomic E-state index is 0.0150. The molecule has 2 N–H and O–H groups in total. The lowest BCUT2D eigenvalue weighted by Crippen LogP contribution is -2.03. The van der Waals surface area contributed by atoms with Gasteiger partial charge in [0, 0.05) is 12.3 Å². The molecule has 0 fully saturated rings. The molecule has 0 atom stereocenters. The zero-order chi connectivity index (χ0) is 14.9. The Morgan fingerprint density at radius 1 is 1.10 bits per heavy atom. The molecule has 106 valence electrons. The molecule has 20 heavy (non-hydrogen) atoms. The highest BCUT2D eigenvalue weighted by atomic mass is 32.2. The third kappa shape index (κ3) is 2.88. The summed E-state index contributed by atoms with van der Waals surface area (Å²) in [4.78, 5) is -0.0856. The molecule has 0 spiro atoms. The number of nitrogen functional groups attached to an aromatic ring is 1. The number of sulfone groups is 1. The van der Waals surface area contributed by atoms with Crippen LogP contribution in [-0.2, 0) is 9.84 Å². The maximum Gasteiger partial charge on any atom is 0.177 e. The van der Waals surface area contributed by atoms with Gasteiger partial charge in [-0.2, -0.15) is 0 Å². The third-order valence-electron chi connectivity index (χ3n) is 2.54. The topological polar surface area (TPSA) is 69.4 Å². The molecule has 0 aliphatic heterocycles. The largest absolute Gasteiger partial charge is 0.455 e. The minimum Gasteiger partial charge on any atom is -0.455 e. The summed E-state index contributed by atoms with van der Waals surface area (Å²) in [6, 6.07) is 7.18. The van der Waals surface area contributed by atoms with Gasteiger partial charge in [0.2, 0.25) is 0 Å². The van der Waals surface area contributed by atoms with Gasteiger partial charge in [0.25, 0.3) is 0 Å². The standard InChI is InChI=1S/C13H11F2NO3S/c1-20(17,18)12-4-2-3-11(13(12)16)19-8-5-6-9(14)10(15)7-8/h2-7H,16H2,1H3. The first-order chi connectivity index (χ1) is 9.29. The van der Waals surface area contributed by atoms with E-state index in [-0.39, 0.29) is 22.1 Å². The van der Waals surface area contributed by atoms with E-state index in [4.69, 9.17) is 10.5 Å². The van der Waals surface area contributed by atoms with Gasteiger partial charge in [-0.15, -0.1) is 0 Å². The summed E-state index contributed by atoms with van der Waals surface area (Å²) in [6.07, 6.45) is 1.01. The van der Waals surface area contributed by atoms with Crippen LogP contribution in [0.5, 0.6) is 11.5 Å². The fourth-order valence-corrected chi connectivity index (χ4v) is 2.43. The van der Waals surface area contributed by atoms with Crippen LogP contribution < -0.4 is 10.5 Å². The molecule has 2 aromatic carbocycles. The molecule has 0 heterocycles. The highest BCUT2D eigenvalue weighted by molar-refractivity contribution is 7.90. The molecule has 0 saturated carbocycles. The maximum absolute atomic E-state index is 13.1. The number of rotatable bonds is 3. The Hall–Kier alpha value is -2.15. The van der Waals surface area contributed by atoms with Crippen LogP contribution in [0.2, 0.25) is 0 Å². The first-order valence-corrected chi connectivity index (χ1v) is 7.39. The molecule has 2 aromatic rings. The number of nitrogens with two attached hydrogens (primary N) is 1. The van der Waals surface area contributed by atoms with Crippen molar-refractivity contribution < 1.29 is 21.9 Å². The molecular formula is C13H11F2NO3S. The second kappa shape index (κ2) is 5.09. The van der Waals surface area contributed by atoms with E-state index >= 15 is 0 Å². The Labute approximate surface area is 114 Å². The molecule has 0 unspecified atom stereocenters. The monoisotopic (exact) mass is 299 g/mol. The number of anilines is 1. The number of hydrogen-bond acceptors (Lipinski definition) is 4. The average molecular weight is 299 g/mol. The van der Waals surface area contributed by atoms with Gasteiger partial charge in [-0.05, 0) is 24.3 Å². The van der Waals surface area contributed by atoms with Gasteiger partial charge in [0.15, 0.2) is 27.2 Å². The van der Waals surface area contributed by atoms with E-state index in [0.717, 1.165) is 18.4 Å². The van der Waals surface area contributed by atoms with Crippen LogP contribution in [0.25, 0.3) is 0 Å². The Morgan fingerprint density at radius 3 is 2.40 bits per heavy atom. The average Bonchev–Trinajstić information content (AvgIpc) is 2.35. The van der Waals surface area contributed by atoms with Crippen molar-refractivity contribution in [3.05, 3.63) is 48.0 Å².